The summed E-state index contributed by atoms with van der Waals surface area (Å²) < 4.78 is 0. The van der Waals surface area contributed by atoms with Crippen molar-refractivity contribution in [3.8, 4) is 0 Å². The topological polar surface area (TPSA) is 28.2 Å². The highest BCUT2D eigenvalue weighted by atomic mass is 15.2. The highest BCUT2D eigenvalue weighted by Crippen LogP contribution is 2.30. The zero-order chi connectivity index (χ0) is 14.5. The Morgan fingerprint density at radius 3 is 2.50 bits per heavy atom. The van der Waals surface area contributed by atoms with Gasteiger partial charge in [0.1, 0.15) is 0 Å². The molecular formula is C17H29N3. The van der Waals surface area contributed by atoms with Crippen LogP contribution in [0.3, 0.4) is 0 Å². The van der Waals surface area contributed by atoms with Crippen molar-refractivity contribution in [1.82, 2.24) is 15.2 Å². The molecule has 2 rings (SSSR count). The van der Waals surface area contributed by atoms with Crippen LogP contribution in [0.15, 0.2) is 18.2 Å². The molecule has 3 nitrogen and oxygen atoms in total. The maximum Gasteiger partial charge on any atom is 0.0547 e. The summed E-state index contributed by atoms with van der Waals surface area (Å²) in [6.45, 7) is 12.0. The molecule has 0 spiro atoms. The summed E-state index contributed by atoms with van der Waals surface area (Å²) in [5.74, 6) is 0.934. The molecule has 112 valence electrons. The molecule has 1 aromatic rings. The standard InChI is InChI=1S/C17H29N3/c1-13(2)18-10-16-6-5-7-17(19-16)12-20(14(3)4)11-15-8-9-15/h5-7,13-15,18H,8-12H2,1-4H3. The van der Waals surface area contributed by atoms with Gasteiger partial charge in [0.25, 0.3) is 0 Å². The SMILES string of the molecule is CC(C)NCc1cccc(CN(CC2CC2)C(C)C)n1. The molecule has 20 heavy (non-hydrogen) atoms. The first-order valence-electron chi connectivity index (χ1n) is 7.97. The molecular weight excluding hydrogens is 246 g/mol. The van der Waals surface area contributed by atoms with Crippen molar-refractivity contribution in [3.63, 3.8) is 0 Å². The van der Waals surface area contributed by atoms with E-state index in [9.17, 15) is 0 Å². The van der Waals surface area contributed by atoms with E-state index in [-0.39, 0.29) is 0 Å². The van der Waals surface area contributed by atoms with Crippen LogP contribution in [-0.4, -0.2) is 28.5 Å². The minimum absolute atomic E-state index is 0.502. The Hall–Kier alpha value is -0.930. The zero-order valence-corrected chi connectivity index (χ0v) is 13.4. The molecule has 1 aromatic heterocycles. The number of pyridine rings is 1. The first-order chi connectivity index (χ1) is 9.54. The van der Waals surface area contributed by atoms with E-state index in [2.05, 4.69) is 56.1 Å². The highest BCUT2D eigenvalue weighted by Gasteiger charge is 2.25. The van der Waals surface area contributed by atoms with Crippen molar-refractivity contribution in [2.45, 2.75) is 65.7 Å². The minimum Gasteiger partial charge on any atom is -0.309 e. The molecule has 1 aliphatic rings. The first-order valence-corrected chi connectivity index (χ1v) is 7.97. The first kappa shape index (κ1) is 15.5. The molecule has 0 aliphatic heterocycles. The molecule has 1 heterocycles. The van der Waals surface area contributed by atoms with Gasteiger partial charge in [0, 0.05) is 31.7 Å². The molecule has 0 radical (unpaired) electrons. The Morgan fingerprint density at radius 1 is 1.20 bits per heavy atom. The largest absolute Gasteiger partial charge is 0.309 e. The third-order valence-electron chi connectivity index (χ3n) is 3.84. The number of rotatable bonds is 8. The second-order valence-corrected chi connectivity index (χ2v) is 6.62. The van der Waals surface area contributed by atoms with Gasteiger partial charge in [-0.15, -0.1) is 0 Å². The van der Waals surface area contributed by atoms with Gasteiger partial charge >= 0.3 is 0 Å². The lowest BCUT2D eigenvalue weighted by Crippen LogP contribution is -2.32. The van der Waals surface area contributed by atoms with Crippen LogP contribution in [0.5, 0.6) is 0 Å². The van der Waals surface area contributed by atoms with Crippen LogP contribution in [0.1, 0.15) is 51.9 Å². The molecule has 0 aromatic carbocycles. The van der Waals surface area contributed by atoms with Crippen LogP contribution >= 0.6 is 0 Å². The fourth-order valence-corrected chi connectivity index (χ4v) is 2.32. The van der Waals surface area contributed by atoms with E-state index in [1.165, 1.54) is 25.1 Å². The minimum atomic E-state index is 0.502. The van der Waals surface area contributed by atoms with E-state index >= 15 is 0 Å². The van der Waals surface area contributed by atoms with Crippen LogP contribution in [0.25, 0.3) is 0 Å². The number of aromatic nitrogens is 1. The van der Waals surface area contributed by atoms with E-state index in [1.54, 1.807) is 0 Å². The van der Waals surface area contributed by atoms with Crippen molar-refractivity contribution in [2.75, 3.05) is 6.54 Å². The Morgan fingerprint density at radius 2 is 1.90 bits per heavy atom. The fraction of sp³-hybridized carbons (Fsp3) is 0.706. The fourth-order valence-electron chi connectivity index (χ4n) is 2.32. The Balaban J connectivity index is 1.94. The van der Waals surface area contributed by atoms with E-state index in [0.29, 0.717) is 12.1 Å². The third-order valence-corrected chi connectivity index (χ3v) is 3.84. The van der Waals surface area contributed by atoms with Crippen molar-refractivity contribution >= 4 is 0 Å². The predicted octanol–water partition coefficient (Wildman–Crippen LogP) is 3.20. The lowest BCUT2D eigenvalue weighted by molar-refractivity contribution is 0.201. The van der Waals surface area contributed by atoms with Crippen LogP contribution in [0.4, 0.5) is 0 Å². The third kappa shape index (κ3) is 5.22. The molecule has 1 fully saturated rings. The second kappa shape index (κ2) is 7.19. The van der Waals surface area contributed by atoms with Crippen molar-refractivity contribution < 1.29 is 0 Å². The van der Waals surface area contributed by atoms with Crippen LogP contribution < -0.4 is 5.32 Å². The molecule has 0 amide bonds. The smallest absolute Gasteiger partial charge is 0.0547 e. The molecule has 0 bridgehead atoms. The molecule has 1 N–H and O–H groups in total. The second-order valence-electron chi connectivity index (χ2n) is 6.62. The van der Waals surface area contributed by atoms with Crippen molar-refractivity contribution in [2.24, 2.45) is 5.92 Å². The van der Waals surface area contributed by atoms with E-state index in [0.717, 1.165) is 24.7 Å². The van der Waals surface area contributed by atoms with Gasteiger partial charge in [-0.2, -0.15) is 0 Å². The molecule has 0 saturated heterocycles. The normalized spacial score (nSPS) is 15.6. The summed E-state index contributed by atoms with van der Waals surface area (Å²) in [6, 6.07) is 7.49. The lowest BCUT2D eigenvalue weighted by atomic mass is 10.2. The molecule has 1 aliphatic carbocycles. The average Bonchev–Trinajstić information content (AvgIpc) is 3.20. The van der Waals surface area contributed by atoms with E-state index in [1.807, 2.05) is 0 Å². The number of hydrogen-bond donors (Lipinski definition) is 1. The van der Waals surface area contributed by atoms with Gasteiger partial charge in [-0.1, -0.05) is 19.9 Å². The average molecular weight is 275 g/mol. The quantitative estimate of drug-likeness (QED) is 0.789. The number of hydrogen-bond acceptors (Lipinski definition) is 3. The monoisotopic (exact) mass is 275 g/mol. The van der Waals surface area contributed by atoms with E-state index < -0.39 is 0 Å². The van der Waals surface area contributed by atoms with Crippen LogP contribution in [-0.2, 0) is 13.1 Å². The summed E-state index contributed by atoms with van der Waals surface area (Å²) in [7, 11) is 0. The number of nitrogens with zero attached hydrogens (tertiary/aromatic N) is 2. The van der Waals surface area contributed by atoms with Gasteiger partial charge in [-0.05, 0) is 44.7 Å². The van der Waals surface area contributed by atoms with Gasteiger partial charge in [-0.3, -0.25) is 9.88 Å². The maximum absolute atomic E-state index is 4.79. The van der Waals surface area contributed by atoms with Gasteiger partial charge < -0.3 is 5.32 Å². The van der Waals surface area contributed by atoms with Gasteiger partial charge in [0.15, 0.2) is 0 Å². The summed E-state index contributed by atoms with van der Waals surface area (Å²) in [5, 5.41) is 3.43. The molecule has 3 heteroatoms. The molecule has 1 saturated carbocycles. The molecule has 0 atom stereocenters. The van der Waals surface area contributed by atoms with Crippen LogP contribution in [0.2, 0.25) is 0 Å². The summed E-state index contributed by atoms with van der Waals surface area (Å²) >= 11 is 0. The van der Waals surface area contributed by atoms with Gasteiger partial charge in [-0.25, -0.2) is 0 Å². The van der Waals surface area contributed by atoms with Crippen LogP contribution in [0, 0.1) is 5.92 Å². The highest BCUT2D eigenvalue weighted by molar-refractivity contribution is 5.11. The maximum atomic E-state index is 4.79. The van der Waals surface area contributed by atoms with Gasteiger partial charge in [0.2, 0.25) is 0 Å². The summed E-state index contributed by atoms with van der Waals surface area (Å²) in [4.78, 5) is 7.35. The summed E-state index contributed by atoms with van der Waals surface area (Å²) in [6.07, 6.45) is 2.82. The molecule has 0 unspecified atom stereocenters. The summed E-state index contributed by atoms with van der Waals surface area (Å²) in [5.41, 5.74) is 2.34. The Kier molecular flexibility index (Phi) is 5.55. The predicted molar refractivity (Wildman–Crippen MR) is 84.5 cm³/mol. The van der Waals surface area contributed by atoms with Crippen molar-refractivity contribution in [3.05, 3.63) is 29.6 Å². The Labute approximate surface area is 123 Å². The van der Waals surface area contributed by atoms with E-state index in [4.69, 9.17) is 4.98 Å². The van der Waals surface area contributed by atoms with Gasteiger partial charge in [0.05, 0.1) is 11.4 Å². The zero-order valence-electron chi connectivity index (χ0n) is 13.4. The lowest BCUT2D eigenvalue weighted by Gasteiger charge is -2.26. The van der Waals surface area contributed by atoms with Crippen molar-refractivity contribution in [1.29, 1.82) is 0 Å². The number of nitrogens with one attached hydrogen (secondary N) is 1. The Bertz CT molecular complexity index is 410.